The molecule has 1 rings (SSSR count). The highest BCUT2D eigenvalue weighted by Crippen LogP contribution is 2.23. The van der Waals surface area contributed by atoms with Gasteiger partial charge in [-0.2, -0.15) is 0 Å². The fourth-order valence-electron chi connectivity index (χ4n) is 0.750. The number of carboxylic acids is 1. The molecule has 0 aliphatic heterocycles. The molecule has 0 spiro atoms. The Hall–Kier alpha value is -1.24. The predicted octanol–water partition coefficient (Wildman–Crippen LogP) is 2.30. The fourth-order valence-corrected chi connectivity index (χ4v) is 1.52. The van der Waals surface area contributed by atoms with E-state index in [4.69, 9.17) is 5.11 Å². The Morgan fingerprint density at radius 3 is 2.73 bits per heavy atom. The van der Waals surface area contributed by atoms with Gasteiger partial charge in [0.1, 0.15) is 0 Å². The van der Waals surface area contributed by atoms with Crippen molar-refractivity contribution in [2.45, 2.75) is 25.8 Å². The average Bonchev–Trinajstić information content (AvgIpc) is 2.50. The number of halogens is 2. The third-order valence-electron chi connectivity index (χ3n) is 1.82. The summed E-state index contributed by atoms with van der Waals surface area (Å²) in [5, 5.41) is 12.5. The van der Waals surface area contributed by atoms with E-state index in [1.165, 1.54) is 12.3 Å². The maximum absolute atomic E-state index is 12.8. The molecule has 0 amide bonds. The first-order valence-electron chi connectivity index (χ1n) is 4.14. The molecule has 0 radical (unpaired) electrons. The van der Waals surface area contributed by atoms with Crippen LogP contribution >= 0.6 is 11.3 Å². The summed E-state index contributed by atoms with van der Waals surface area (Å²) in [5.74, 6) is -4.05. The lowest BCUT2D eigenvalue weighted by atomic mass is 10.2. The monoisotopic (exact) mass is 236 g/mol. The molecule has 7 heteroatoms. The van der Waals surface area contributed by atoms with Crippen molar-refractivity contribution < 1.29 is 18.7 Å². The van der Waals surface area contributed by atoms with Gasteiger partial charge in [0, 0.05) is 12.3 Å². The summed E-state index contributed by atoms with van der Waals surface area (Å²) in [6.07, 6.45) is 0. The van der Waals surface area contributed by atoms with E-state index in [-0.39, 0.29) is 10.8 Å². The molecule has 1 atom stereocenters. The number of hydrogen-bond donors (Lipinski definition) is 2. The zero-order chi connectivity index (χ0) is 11.6. The smallest absolute Gasteiger partial charge is 0.355 e. The molecular formula is C8H10F2N2O2S. The summed E-state index contributed by atoms with van der Waals surface area (Å²) < 4.78 is 25.5. The first-order valence-corrected chi connectivity index (χ1v) is 5.02. The number of carbonyl (C=O) groups is 1. The number of aromatic nitrogens is 1. The van der Waals surface area contributed by atoms with Crippen LogP contribution in [0.4, 0.5) is 13.9 Å². The Morgan fingerprint density at radius 1 is 1.73 bits per heavy atom. The lowest BCUT2D eigenvalue weighted by Gasteiger charge is -2.19. The standard InChI is InChI=1S/C8H10F2N2O2S/c1-4(8(2,9)10)11-7-12-5(3-15-7)6(13)14/h3-4H,1-2H3,(H,11,12)(H,13,14). The molecule has 15 heavy (non-hydrogen) atoms. The second-order valence-electron chi connectivity index (χ2n) is 3.17. The molecule has 84 valence electrons. The molecule has 4 nitrogen and oxygen atoms in total. The topological polar surface area (TPSA) is 62.2 Å². The number of nitrogens with zero attached hydrogens (tertiary/aromatic N) is 1. The lowest BCUT2D eigenvalue weighted by Crippen LogP contribution is -2.34. The Morgan fingerprint density at radius 2 is 2.33 bits per heavy atom. The van der Waals surface area contributed by atoms with Crippen LogP contribution in [-0.4, -0.2) is 28.0 Å². The zero-order valence-electron chi connectivity index (χ0n) is 8.12. The van der Waals surface area contributed by atoms with Crippen LogP contribution in [0.1, 0.15) is 24.3 Å². The van der Waals surface area contributed by atoms with Crippen LogP contribution in [0.25, 0.3) is 0 Å². The molecule has 1 aromatic heterocycles. The van der Waals surface area contributed by atoms with Crippen LogP contribution < -0.4 is 5.32 Å². The second-order valence-corrected chi connectivity index (χ2v) is 4.02. The highest BCUT2D eigenvalue weighted by molar-refractivity contribution is 7.13. The third-order valence-corrected chi connectivity index (χ3v) is 2.60. The fraction of sp³-hybridized carbons (Fsp3) is 0.500. The van der Waals surface area contributed by atoms with Crippen molar-refractivity contribution in [1.82, 2.24) is 4.98 Å². The summed E-state index contributed by atoms with van der Waals surface area (Å²) in [7, 11) is 0. The van der Waals surface area contributed by atoms with Gasteiger partial charge in [-0.1, -0.05) is 0 Å². The van der Waals surface area contributed by atoms with Crippen molar-refractivity contribution >= 4 is 22.4 Å². The summed E-state index contributed by atoms with van der Waals surface area (Å²) >= 11 is 0.986. The molecule has 0 aromatic carbocycles. The number of carboxylic acid groups (broad SMARTS) is 1. The molecule has 1 aromatic rings. The van der Waals surface area contributed by atoms with Crippen molar-refractivity contribution in [2.24, 2.45) is 0 Å². The van der Waals surface area contributed by atoms with Crippen LogP contribution in [0.2, 0.25) is 0 Å². The molecule has 0 bridgehead atoms. The van der Waals surface area contributed by atoms with Crippen molar-refractivity contribution in [3.8, 4) is 0 Å². The van der Waals surface area contributed by atoms with Gasteiger partial charge in [0.05, 0.1) is 6.04 Å². The maximum Gasteiger partial charge on any atom is 0.355 e. The quantitative estimate of drug-likeness (QED) is 0.842. The van der Waals surface area contributed by atoms with Crippen molar-refractivity contribution in [3.63, 3.8) is 0 Å². The molecule has 0 fully saturated rings. The van der Waals surface area contributed by atoms with Gasteiger partial charge in [-0.3, -0.25) is 0 Å². The number of hydrogen-bond acceptors (Lipinski definition) is 4. The average molecular weight is 236 g/mol. The Bertz CT molecular complexity index is 362. The van der Waals surface area contributed by atoms with Crippen LogP contribution in [0.15, 0.2) is 5.38 Å². The SMILES string of the molecule is CC(Nc1nc(C(=O)O)cs1)C(C)(F)F. The minimum Gasteiger partial charge on any atom is -0.476 e. The summed E-state index contributed by atoms with van der Waals surface area (Å²) in [5.41, 5.74) is -0.144. The maximum atomic E-state index is 12.8. The number of thiazole rings is 1. The number of anilines is 1. The lowest BCUT2D eigenvalue weighted by molar-refractivity contribution is 0.00699. The molecule has 2 N–H and O–H groups in total. The van der Waals surface area contributed by atoms with E-state index in [0.29, 0.717) is 0 Å². The van der Waals surface area contributed by atoms with Crippen LogP contribution in [0.3, 0.4) is 0 Å². The Labute approximate surface area is 89.0 Å². The van der Waals surface area contributed by atoms with Crippen LogP contribution in [0.5, 0.6) is 0 Å². The minimum atomic E-state index is -2.88. The van der Waals surface area contributed by atoms with Crippen LogP contribution in [0, 0.1) is 0 Å². The van der Waals surface area contributed by atoms with Crippen molar-refractivity contribution in [2.75, 3.05) is 5.32 Å². The number of nitrogens with one attached hydrogen (secondary N) is 1. The van der Waals surface area contributed by atoms with E-state index >= 15 is 0 Å². The Balaban J connectivity index is 2.69. The van der Waals surface area contributed by atoms with Crippen molar-refractivity contribution in [3.05, 3.63) is 11.1 Å². The molecule has 1 heterocycles. The number of rotatable bonds is 4. The predicted molar refractivity (Wildman–Crippen MR) is 52.8 cm³/mol. The first kappa shape index (κ1) is 11.8. The van der Waals surface area contributed by atoms with Gasteiger partial charge in [-0.25, -0.2) is 18.6 Å². The van der Waals surface area contributed by atoms with E-state index in [1.54, 1.807) is 0 Å². The molecule has 0 saturated carbocycles. The van der Waals surface area contributed by atoms with E-state index in [0.717, 1.165) is 18.3 Å². The van der Waals surface area contributed by atoms with Gasteiger partial charge in [-0.05, 0) is 6.92 Å². The van der Waals surface area contributed by atoms with Crippen molar-refractivity contribution in [1.29, 1.82) is 0 Å². The zero-order valence-corrected chi connectivity index (χ0v) is 8.94. The van der Waals surface area contributed by atoms with Gasteiger partial charge in [-0.15, -0.1) is 11.3 Å². The Kier molecular flexibility index (Phi) is 3.23. The van der Waals surface area contributed by atoms with E-state index < -0.39 is 17.9 Å². The molecule has 0 saturated heterocycles. The van der Waals surface area contributed by atoms with Gasteiger partial charge >= 0.3 is 5.97 Å². The van der Waals surface area contributed by atoms with Gasteiger partial charge < -0.3 is 10.4 Å². The van der Waals surface area contributed by atoms with Crippen LogP contribution in [-0.2, 0) is 0 Å². The summed E-state index contributed by atoms with van der Waals surface area (Å²) in [6.45, 7) is 2.10. The van der Waals surface area contributed by atoms with E-state index in [2.05, 4.69) is 10.3 Å². The van der Waals surface area contributed by atoms with E-state index in [9.17, 15) is 13.6 Å². The summed E-state index contributed by atoms with van der Waals surface area (Å²) in [6, 6.07) is -1.09. The van der Waals surface area contributed by atoms with E-state index in [1.807, 2.05) is 0 Å². The second kappa shape index (κ2) is 4.09. The molecule has 0 aliphatic carbocycles. The third kappa shape index (κ3) is 3.12. The minimum absolute atomic E-state index is 0.144. The number of aromatic carboxylic acids is 1. The van der Waals surface area contributed by atoms with Gasteiger partial charge in [0.2, 0.25) is 0 Å². The normalized spacial score (nSPS) is 13.6. The first-order chi connectivity index (χ1) is 6.80. The molecule has 1 unspecified atom stereocenters. The number of alkyl halides is 2. The van der Waals surface area contributed by atoms with Gasteiger partial charge in [0.15, 0.2) is 10.8 Å². The highest BCUT2D eigenvalue weighted by atomic mass is 32.1. The summed E-state index contributed by atoms with van der Waals surface area (Å²) in [4.78, 5) is 14.1. The van der Waals surface area contributed by atoms with Gasteiger partial charge in [0.25, 0.3) is 5.92 Å². The molecular weight excluding hydrogens is 226 g/mol. The highest BCUT2D eigenvalue weighted by Gasteiger charge is 2.30. The molecule has 0 aliphatic rings. The largest absolute Gasteiger partial charge is 0.476 e.